The van der Waals surface area contributed by atoms with Crippen LogP contribution in [0.25, 0.3) is 0 Å². The van der Waals surface area contributed by atoms with Crippen LogP contribution < -0.4 is 10.6 Å². The lowest BCUT2D eigenvalue weighted by Crippen LogP contribution is -2.33. The van der Waals surface area contributed by atoms with Crippen molar-refractivity contribution in [2.24, 2.45) is 0 Å². The second-order valence-corrected chi connectivity index (χ2v) is 4.71. The van der Waals surface area contributed by atoms with Crippen molar-refractivity contribution in [2.45, 2.75) is 46.1 Å². The largest absolute Gasteiger partial charge is 0.382 e. The molecule has 1 amide bonds. The van der Waals surface area contributed by atoms with Crippen LogP contribution in [0.3, 0.4) is 0 Å². The molecule has 1 unspecified atom stereocenters. The monoisotopic (exact) mass is 266 g/mol. The first kappa shape index (κ1) is 15.5. The zero-order valence-electron chi connectivity index (χ0n) is 11.9. The van der Waals surface area contributed by atoms with Gasteiger partial charge in [-0.1, -0.05) is 25.8 Å². The molecule has 0 radical (unpaired) electrons. The third kappa shape index (κ3) is 4.54. The van der Waals surface area contributed by atoms with Crippen molar-refractivity contribution in [1.29, 1.82) is 0 Å². The Morgan fingerprint density at radius 2 is 2.11 bits per heavy atom. The number of nitrogens with one attached hydrogen (secondary N) is 2. The summed E-state index contributed by atoms with van der Waals surface area (Å²) in [4.78, 5) is 12.1. The number of anilines is 1. The summed E-state index contributed by atoms with van der Waals surface area (Å²) in [6, 6.07) is 4.66. The van der Waals surface area contributed by atoms with Crippen molar-refractivity contribution in [2.75, 3.05) is 11.9 Å². The normalized spacial score (nSPS) is 12.0. The molecule has 1 atom stereocenters. The van der Waals surface area contributed by atoms with E-state index in [0.717, 1.165) is 19.3 Å². The maximum absolute atomic E-state index is 13.7. The van der Waals surface area contributed by atoms with Crippen molar-refractivity contribution in [3.8, 4) is 0 Å². The summed E-state index contributed by atoms with van der Waals surface area (Å²) in [5.74, 6) is -0.616. The highest BCUT2D eigenvalue weighted by Gasteiger charge is 2.16. The van der Waals surface area contributed by atoms with E-state index in [0.29, 0.717) is 12.1 Å². The van der Waals surface area contributed by atoms with E-state index in [1.54, 1.807) is 12.1 Å². The van der Waals surface area contributed by atoms with Crippen molar-refractivity contribution in [3.05, 3.63) is 29.6 Å². The Kier molecular flexibility index (Phi) is 6.33. The number of carbonyl (C=O) groups is 1. The average molecular weight is 266 g/mol. The molecular weight excluding hydrogens is 243 g/mol. The Morgan fingerprint density at radius 3 is 2.74 bits per heavy atom. The second kappa shape index (κ2) is 7.77. The number of hydrogen-bond acceptors (Lipinski definition) is 2. The molecule has 0 aliphatic rings. The molecule has 0 aliphatic heterocycles. The minimum Gasteiger partial charge on any atom is -0.382 e. The molecular formula is C15H23FN2O. The first-order valence-corrected chi connectivity index (χ1v) is 6.93. The Morgan fingerprint density at radius 1 is 1.37 bits per heavy atom. The molecule has 3 nitrogen and oxygen atoms in total. The minimum absolute atomic E-state index is 0.102. The second-order valence-electron chi connectivity index (χ2n) is 4.71. The van der Waals surface area contributed by atoms with E-state index < -0.39 is 5.82 Å². The van der Waals surface area contributed by atoms with Gasteiger partial charge in [-0.25, -0.2) is 4.39 Å². The Labute approximate surface area is 114 Å². The number of benzene rings is 1. The van der Waals surface area contributed by atoms with Crippen LogP contribution in [0.1, 0.15) is 50.4 Å². The fourth-order valence-electron chi connectivity index (χ4n) is 1.95. The topological polar surface area (TPSA) is 41.1 Å². The van der Waals surface area contributed by atoms with Gasteiger partial charge in [0.1, 0.15) is 5.82 Å². The van der Waals surface area contributed by atoms with Crippen molar-refractivity contribution >= 4 is 11.6 Å². The maximum atomic E-state index is 13.7. The molecule has 0 aromatic heterocycles. The summed E-state index contributed by atoms with van der Waals surface area (Å²) in [5.41, 5.74) is 0.649. The van der Waals surface area contributed by atoms with Gasteiger partial charge < -0.3 is 10.6 Å². The number of carbonyl (C=O) groups excluding carboxylic acids is 1. The lowest BCUT2D eigenvalue weighted by atomic mass is 10.1. The van der Waals surface area contributed by atoms with Crippen molar-refractivity contribution in [1.82, 2.24) is 5.32 Å². The van der Waals surface area contributed by atoms with E-state index in [2.05, 4.69) is 17.6 Å². The van der Waals surface area contributed by atoms with E-state index in [1.165, 1.54) is 6.07 Å². The van der Waals surface area contributed by atoms with Gasteiger partial charge in [-0.05, 0) is 32.4 Å². The van der Waals surface area contributed by atoms with E-state index >= 15 is 0 Å². The van der Waals surface area contributed by atoms with Gasteiger partial charge in [-0.15, -0.1) is 0 Å². The van der Waals surface area contributed by atoms with E-state index in [-0.39, 0.29) is 17.6 Å². The molecule has 0 fully saturated rings. The molecule has 0 saturated carbocycles. The van der Waals surface area contributed by atoms with E-state index in [4.69, 9.17) is 0 Å². The van der Waals surface area contributed by atoms with Gasteiger partial charge in [-0.2, -0.15) is 0 Å². The molecule has 0 aliphatic carbocycles. The lowest BCUT2D eigenvalue weighted by molar-refractivity contribution is 0.0938. The van der Waals surface area contributed by atoms with Gasteiger partial charge in [-0.3, -0.25) is 4.79 Å². The Hall–Kier alpha value is -1.58. The molecule has 106 valence electrons. The number of amides is 1. The number of hydrogen-bond donors (Lipinski definition) is 2. The standard InChI is InChI=1S/C15H23FN2O/c1-4-6-8-11(3)18-15(19)12-9-7-10-13(16)14(12)17-5-2/h7,9-11,17H,4-6,8H2,1-3H3,(H,18,19). The number of halogens is 1. The van der Waals surface area contributed by atoms with E-state index in [1.807, 2.05) is 13.8 Å². The summed E-state index contributed by atoms with van der Waals surface area (Å²) >= 11 is 0. The summed E-state index contributed by atoms with van der Waals surface area (Å²) < 4.78 is 13.7. The van der Waals surface area contributed by atoms with Gasteiger partial charge in [0, 0.05) is 12.6 Å². The number of rotatable bonds is 7. The fraction of sp³-hybridized carbons (Fsp3) is 0.533. The number of para-hydroxylation sites is 1. The van der Waals surface area contributed by atoms with Crippen molar-refractivity contribution in [3.63, 3.8) is 0 Å². The fourth-order valence-corrected chi connectivity index (χ4v) is 1.95. The molecule has 1 rings (SSSR count). The smallest absolute Gasteiger partial charge is 0.253 e. The van der Waals surface area contributed by atoms with Gasteiger partial charge in [0.05, 0.1) is 11.3 Å². The van der Waals surface area contributed by atoms with Gasteiger partial charge in [0.15, 0.2) is 0 Å². The van der Waals surface area contributed by atoms with Gasteiger partial charge >= 0.3 is 0 Å². The van der Waals surface area contributed by atoms with Crippen molar-refractivity contribution < 1.29 is 9.18 Å². The molecule has 1 aromatic rings. The maximum Gasteiger partial charge on any atom is 0.253 e. The molecule has 0 bridgehead atoms. The van der Waals surface area contributed by atoms with Gasteiger partial charge in [0.25, 0.3) is 5.91 Å². The third-order valence-electron chi connectivity index (χ3n) is 2.98. The first-order valence-electron chi connectivity index (χ1n) is 6.93. The average Bonchev–Trinajstić information content (AvgIpc) is 2.38. The Balaban J connectivity index is 2.78. The van der Waals surface area contributed by atoms with Crippen LogP contribution in [0.5, 0.6) is 0 Å². The highest BCUT2D eigenvalue weighted by atomic mass is 19.1. The minimum atomic E-state index is -0.393. The van der Waals surface area contributed by atoms with Crippen LogP contribution in [0.2, 0.25) is 0 Å². The SMILES string of the molecule is CCCCC(C)NC(=O)c1cccc(F)c1NCC. The molecule has 0 spiro atoms. The van der Waals surface area contributed by atoms with E-state index in [9.17, 15) is 9.18 Å². The van der Waals surface area contributed by atoms with Crippen LogP contribution in [0.15, 0.2) is 18.2 Å². The zero-order valence-corrected chi connectivity index (χ0v) is 11.9. The van der Waals surface area contributed by atoms with Gasteiger partial charge in [0.2, 0.25) is 0 Å². The molecule has 0 heterocycles. The van der Waals surface area contributed by atoms with Crippen LogP contribution in [-0.2, 0) is 0 Å². The summed E-state index contributed by atoms with van der Waals surface area (Å²) in [6.07, 6.45) is 3.11. The summed E-state index contributed by atoms with van der Waals surface area (Å²) in [7, 11) is 0. The van der Waals surface area contributed by atoms with Crippen LogP contribution in [-0.4, -0.2) is 18.5 Å². The predicted molar refractivity (Wildman–Crippen MR) is 77.0 cm³/mol. The van der Waals surface area contributed by atoms with Crippen LogP contribution in [0.4, 0.5) is 10.1 Å². The molecule has 2 N–H and O–H groups in total. The van der Waals surface area contributed by atoms with Crippen LogP contribution >= 0.6 is 0 Å². The first-order chi connectivity index (χ1) is 9.10. The quantitative estimate of drug-likeness (QED) is 0.792. The molecule has 19 heavy (non-hydrogen) atoms. The molecule has 4 heteroatoms. The molecule has 0 saturated heterocycles. The zero-order chi connectivity index (χ0) is 14.3. The third-order valence-corrected chi connectivity index (χ3v) is 2.98. The Bertz CT molecular complexity index is 421. The summed E-state index contributed by atoms with van der Waals surface area (Å²) in [6.45, 7) is 6.54. The highest BCUT2D eigenvalue weighted by molar-refractivity contribution is 5.99. The molecule has 1 aromatic carbocycles. The predicted octanol–water partition coefficient (Wildman–Crippen LogP) is 3.57. The lowest BCUT2D eigenvalue weighted by Gasteiger charge is -2.16. The summed E-state index contributed by atoms with van der Waals surface area (Å²) in [5, 5.41) is 5.82. The highest BCUT2D eigenvalue weighted by Crippen LogP contribution is 2.19. The van der Waals surface area contributed by atoms with Crippen LogP contribution in [0, 0.1) is 5.82 Å². The number of unbranched alkanes of at least 4 members (excludes halogenated alkanes) is 1.